The van der Waals surface area contributed by atoms with Gasteiger partial charge in [-0.05, 0) is 39.3 Å². The smallest absolute Gasteiger partial charge is 0.273 e. The lowest BCUT2D eigenvalue weighted by Crippen LogP contribution is -2.54. The minimum Gasteiger partial charge on any atom is -0.361 e. The van der Waals surface area contributed by atoms with Gasteiger partial charge in [0.15, 0.2) is 5.69 Å². The van der Waals surface area contributed by atoms with Crippen molar-refractivity contribution in [2.75, 3.05) is 19.6 Å². The van der Waals surface area contributed by atoms with Gasteiger partial charge in [0.2, 0.25) is 0 Å². The number of hydrogen-bond donors (Lipinski definition) is 1. The number of aromatic nitrogens is 1. The number of nitrogens with one attached hydrogen (secondary N) is 1. The number of carbonyl (C=O) groups is 1. The molecule has 1 amide bonds. The molecule has 0 aliphatic rings. The molecule has 0 saturated carbocycles. The molecule has 0 aromatic carbocycles. The van der Waals surface area contributed by atoms with Crippen LogP contribution in [0.1, 0.15) is 76.6 Å². The van der Waals surface area contributed by atoms with Crippen LogP contribution in [0.2, 0.25) is 0 Å². The summed E-state index contributed by atoms with van der Waals surface area (Å²) in [5, 5.41) is 6.91. The Morgan fingerprint density at radius 1 is 1.22 bits per heavy atom. The molecule has 0 saturated heterocycles. The van der Waals surface area contributed by atoms with E-state index in [9.17, 15) is 4.79 Å². The summed E-state index contributed by atoms with van der Waals surface area (Å²) in [5.74, 6) is 0.591. The lowest BCUT2D eigenvalue weighted by Gasteiger charge is -2.41. The van der Waals surface area contributed by atoms with Crippen LogP contribution >= 0.6 is 0 Å². The molecule has 1 atom stereocenters. The zero-order valence-corrected chi connectivity index (χ0v) is 15.4. The highest BCUT2D eigenvalue weighted by Gasteiger charge is 2.30. The highest BCUT2D eigenvalue weighted by Crippen LogP contribution is 2.22. The standard InChI is InChI=1S/C18H33N3O2/c1-6-10-18(5,21(11-7-2)12-8-3)14-19-17(22)16-13-15(9-4)23-20-16/h13H,6-12,14H2,1-5H3,(H,19,22). The van der Waals surface area contributed by atoms with Crippen LogP contribution in [-0.4, -0.2) is 41.1 Å². The topological polar surface area (TPSA) is 58.4 Å². The van der Waals surface area contributed by atoms with Crippen molar-refractivity contribution in [2.24, 2.45) is 0 Å². The molecular formula is C18H33N3O2. The van der Waals surface area contributed by atoms with Crippen molar-refractivity contribution >= 4 is 5.91 Å². The van der Waals surface area contributed by atoms with Crippen LogP contribution in [0.25, 0.3) is 0 Å². The number of hydrogen-bond acceptors (Lipinski definition) is 4. The van der Waals surface area contributed by atoms with E-state index in [0.29, 0.717) is 12.2 Å². The van der Waals surface area contributed by atoms with Crippen LogP contribution in [0.4, 0.5) is 0 Å². The molecule has 1 N–H and O–H groups in total. The third-order valence-electron chi connectivity index (χ3n) is 4.31. The van der Waals surface area contributed by atoms with Gasteiger partial charge in [0.05, 0.1) is 0 Å². The zero-order valence-electron chi connectivity index (χ0n) is 15.4. The van der Waals surface area contributed by atoms with E-state index in [1.165, 1.54) is 0 Å². The number of rotatable bonds is 11. The van der Waals surface area contributed by atoms with Gasteiger partial charge in [-0.3, -0.25) is 9.69 Å². The molecule has 0 fully saturated rings. The molecule has 0 radical (unpaired) electrons. The molecule has 5 nitrogen and oxygen atoms in total. The van der Waals surface area contributed by atoms with Crippen LogP contribution < -0.4 is 5.32 Å². The molecule has 0 aliphatic carbocycles. The van der Waals surface area contributed by atoms with Gasteiger partial charge in [-0.2, -0.15) is 0 Å². The summed E-state index contributed by atoms with van der Waals surface area (Å²) in [5.41, 5.74) is 0.353. The third kappa shape index (κ3) is 5.65. The summed E-state index contributed by atoms with van der Waals surface area (Å²) in [7, 11) is 0. The van der Waals surface area contributed by atoms with E-state index in [1.54, 1.807) is 6.07 Å². The number of aryl methyl sites for hydroxylation is 1. The molecule has 1 unspecified atom stereocenters. The van der Waals surface area contributed by atoms with Gasteiger partial charge in [0.25, 0.3) is 5.91 Å². The van der Waals surface area contributed by atoms with Gasteiger partial charge in [-0.15, -0.1) is 0 Å². The van der Waals surface area contributed by atoms with Crippen molar-refractivity contribution in [1.29, 1.82) is 0 Å². The average molecular weight is 323 g/mol. The SMILES string of the molecule is CCCN(CCC)C(C)(CCC)CNC(=O)c1cc(CC)on1. The van der Waals surface area contributed by atoms with E-state index in [0.717, 1.165) is 51.0 Å². The molecule has 1 heterocycles. The first-order chi connectivity index (χ1) is 11.0. The Morgan fingerprint density at radius 3 is 2.35 bits per heavy atom. The first-order valence-electron chi connectivity index (χ1n) is 8.99. The molecule has 1 rings (SSSR count). The summed E-state index contributed by atoms with van der Waals surface area (Å²) in [6, 6.07) is 1.72. The maximum absolute atomic E-state index is 12.3. The Morgan fingerprint density at radius 2 is 1.87 bits per heavy atom. The maximum atomic E-state index is 12.3. The Labute approximate surface area is 140 Å². The van der Waals surface area contributed by atoms with E-state index in [1.807, 2.05) is 6.92 Å². The Hall–Kier alpha value is -1.36. The summed E-state index contributed by atoms with van der Waals surface area (Å²) in [6.07, 6.45) is 5.15. The highest BCUT2D eigenvalue weighted by molar-refractivity contribution is 5.92. The quantitative estimate of drug-likeness (QED) is 0.675. The predicted molar refractivity (Wildman–Crippen MR) is 93.7 cm³/mol. The van der Waals surface area contributed by atoms with Gasteiger partial charge in [0, 0.05) is 24.6 Å². The molecule has 0 spiro atoms. The first kappa shape index (κ1) is 19.7. The van der Waals surface area contributed by atoms with E-state index >= 15 is 0 Å². The van der Waals surface area contributed by atoms with Crippen molar-refractivity contribution in [3.05, 3.63) is 17.5 Å². The number of amides is 1. The summed E-state index contributed by atoms with van der Waals surface area (Å²) in [6.45, 7) is 13.6. The van der Waals surface area contributed by atoms with Gasteiger partial charge in [-0.25, -0.2) is 0 Å². The molecule has 0 aliphatic heterocycles. The minimum absolute atomic E-state index is 0.0201. The average Bonchev–Trinajstić information content (AvgIpc) is 3.02. The van der Waals surface area contributed by atoms with E-state index in [-0.39, 0.29) is 11.4 Å². The molecule has 23 heavy (non-hydrogen) atoms. The van der Waals surface area contributed by atoms with Crippen LogP contribution in [0.3, 0.4) is 0 Å². The van der Waals surface area contributed by atoms with Crippen LogP contribution in [0.15, 0.2) is 10.6 Å². The highest BCUT2D eigenvalue weighted by atomic mass is 16.5. The molecule has 1 aromatic heterocycles. The fourth-order valence-corrected chi connectivity index (χ4v) is 3.04. The second-order valence-electron chi connectivity index (χ2n) is 6.45. The van der Waals surface area contributed by atoms with Crippen molar-refractivity contribution in [3.63, 3.8) is 0 Å². The van der Waals surface area contributed by atoms with E-state index < -0.39 is 0 Å². The van der Waals surface area contributed by atoms with Crippen LogP contribution in [-0.2, 0) is 6.42 Å². The molecule has 5 heteroatoms. The molecule has 0 bridgehead atoms. The monoisotopic (exact) mass is 323 g/mol. The Bertz CT molecular complexity index is 467. The van der Waals surface area contributed by atoms with Crippen LogP contribution in [0.5, 0.6) is 0 Å². The summed E-state index contributed by atoms with van der Waals surface area (Å²) < 4.78 is 5.12. The summed E-state index contributed by atoms with van der Waals surface area (Å²) >= 11 is 0. The maximum Gasteiger partial charge on any atom is 0.273 e. The van der Waals surface area contributed by atoms with Crippen molar-refractivity contribution in [3.8, 4) is 0 Å². The number of nitrogens with zero attached hydrogens (tertiary/aromatic N) is 2. The zero-order chi connectivity index (χ0) is 17.3. The Kier molecular flexibility index (Phi) is 8.31. The molecular weight excluding hydrogens is 290 g/mol. The summed E-state index contributed by atoms with van der Waals surface area (Å²) in [4.78, 5) is 14.8. The Balaban J connectivity index is 2.75. The lowest BCUT2D eigenvalue weighted by atomic mass is 9.92. The van der Waals surface area contributed by atoms with Gasteiger partial charge in [0.1, 0.15) is 5.76 Å². The van der Waals surface area contributed by atoms with Crippen molar-refractivity contribution in [2.45, 2.75) is 72.3 Å². The second kappa shape index (κ2) is 9.71. The first-order valence-corrected chi connectivity index (χ1v) is 8.99. The molecule has 132 valence electrons. The lowest BCUT2D eigenvalue weighted by molar-refractivity contribution is 0.0770. The predicted octanol–water partition coefficient (Wildman–Crippen LogP) is 3.65. The normalized spacial score (nSPS) is 14.0. The van der Waals surface area contributed by atoms with Crippen LogP contribution in [0, 0.1) is 0 Å². The van der Waals surface area contributed by atoms with E-state index in [2.05, 4.69) is 43.1 Å². The van der Waals surface area contributed by atoms with Gasteiger partial charge in [-0.1, -0.05) is 39.3 Å². The fourth-order valence-electron chi connectivity index (χ4n) is 3.04. The second-order valence-corrected chi connectivity index (χ2v) is 6.45. The largest absolute Gasteiger partial charge is 0.361 e. The fraction of sp³-hybridized carbons (Fsp3) is 0.778. The van der Waals surface area contributed by atoms with Crippen molar-refractivity contribution < 1.29 is 9.32 Å². The molecule has 1 aromatic rings. The number of carbonyl (C=O) groups excluding carboxylic acids is 1. The third-order valence-corrected chi connectivity index (χ3v) is 4.31. The van der Waals surface area contributed by atoms with Crippen molar-refractivity contribution in [1.82, 2.24) is 15.4 Å². The minimum atomic E-state index is -0.149. The van der Waals surface area contributed by atoms with E-state index in [4.69, 9.17) is 4.52 Å². The van der Waals surface area contributed by atoms with Gasteiger partial charge >= 0.3 is 0 Å². The van der Waals surface area contributed by atoms with Gasteiger partial charge < -0.3 is 9.84 Å².